The molecule has 19 heavy (non-hydrogen) atoms. The van der Waals surface area contributed by atoms with Crippen molar-refractivity contribution < 1.29 is 0 Å². The number of hydrogen-bond donors (Lipinski definition) is 0. The van der Waals surface area contributed by atoms with Crippen LogP contribution in [0.3, 0.4) is 0 Å². The highest BCUT2D eigenvalue weighted by atomic mass is 14.7. The van der Waals surface area contributed by atoms with Gasteiger partial charge in [0, 0.05) is 29.2 Å². The second kappa shape index (κ2) is 5.12. The molecular formula is C17H22N2. The summed E-state index contributed by atoms with van der Waals surface area (Å²) < 4.78 is 0. The summed E-state index contributed by atoms with van der Waals surface area (Å²) in [6.07, 6.45) is 0.893. The van der Waals surface area contributed by atoms with E-state index in [1.807, 2.05) is 0 Å². The van der Waals surface area contributed by atoms with Crippen LogP contribution in [0.1, 0.15) is 45.0 Å². The van der Waals surface area contributed by atoms with Crippen LogP contribution in [0.15, 0.2) is 12.1 Å². The molecule has 0 amide bonds. The second-order valence-corrected chi connectivity index (χ2v) is 5.46. The van der Waals surface area contributed by atoms with E-state index < -0.39 is 0 Å². The van der Waals surface area contributed by atoms with E-state index in [2.05, 4.69) is 58.7 Å². The Morgan fingerprint density at radius 2 is 1.42 bits per heavy atom. The van der Waals surface area contributed by atoms with Crippen molar-refractivity contribution in [2.45, 2.75) is 48.0 Å². The molecule has 0 aliphatic rings. The van der Waals surface area contributed by atoms with Crippen molar-refractivity contribution in [3.05, 3.63) is 57.2 Å². The first kappa shape index (κ1) is 13.7. The number of aromatic nitrogens is 2. The van der Waals surface area contributed by atoms with Crippen LogP contribution in [-0.4, -0.2) is 9.97 Å². The molecule has 0 fully saturated rings. The van der Waals surface area contributed by atoms with Crippen LogP contribution in [0.4, 0.5) is 0 Å². The topological polar surface area (TPSA) is 25.8 Å². The SMILES string of the molecule is Cc1cc(Cc2nc(C)cc(C)c2C)c(C)c(C)n1. The average molecular weight is 254 g/mol. The number of aryl methyl sites for hydroxylation is 4. The predicted molar refractivity (Wildman–Crippen MR) is 79.7 cm³/mol. The smallest absolute Gasteiger partial charge is 0.0482 e. The molecule has 0 aliphatic carbocycles. The maximum Gasteiger partial charge on any atom is 0.0482 e. The zero-order chi connectivity index (χ0) is 14.2. The lowest BCUT2D eigenvalue weighted by atomic mass is 9.98. The number of rotatable bonds is 2. The minimum absolute atomic E-state index is 0.893. The van der Waals surface area contributed by atoms with Crippen LogP contribution in [0.5, 0.6) is 0 Å². The minimum Gasteiger partial charge on any atom is -0.258 e. The van der Waals surface area contributed by atoms with Crippen molar-refractivity contribution >= 4 is 0 Å². The molecule has 100 valence electrons. The fourth-order valence-corrected chi connectivity index (χ4v) is 2.49. The van der Waals surface area contributed by atoms with Crippen LogP contribution in [0.25, 0.3) is 0 Å². The normalized spacial score (nSPS) is 10.8. The monoisotopic (exact) mass is 254 g/mol. The maximum atomic E-state index is 4.71. The molecule has 0 N–H and O–H groups in total. The van der Waals surface area contributed by atoms with Crippen molar-refractivity contribution in [2.24, 2.45) is 0 Å². The van der Waals surface area contributed by atoms with Crippen molar-refractivity contribution in [2.75, 3.05) is 0 Å². The van der Waals surface area contributed by atoms with E-state index >= 15 is 0 Å². The van der Waals surface area contributed by atoms with Gasteiger partial charge in [-0.25, -0.2) is 0 Å². The summed E-state index contributed by atoms with van der Waals surface area (Å²) in [5.74, 6) is 0. The molecular weight excluding hydrogens is 232 g/mol. The van der Waals surface area contributed by atoms with Crippen LogP contribution in [0, 0.1) is 41.5 Å². The molecule has 0 aromatic carbocycles. The van der Waals surface area contributed by atoms with Gasteiger partial charge in [0.25, 0.3) is 0 Å². The van der Waals surface area contributed by atoms with E-state index in [0.717, 1.165) is 23.5 Å². The lowest BCUT2D eigenvalue weighted by molar-refractivity contribution is 0.965. The van der Waals surface area contributed by atoms with Gasteiger partial charge in [-0.15, -0.1) is 0 Å². The van der Waals surface area contributed by atoms with E-state index in [-0.39, 0.29) is 0 Å². The Bertz CT molecular complexity index is 572. The maximum absolute atomic E-state index is 4.71. The third kappa shape index (κ3) is 2.83. The Morgan fingerprint density at radius 3 is 2.11 bits per heavy atom. The van der Waals surface area contributed by atoms with Crippen LogP contribution in [-0.2, 0) is 6.42 Å². The quantitative estimate of drug-likeness (QED) is 0.811. The molecule has 2 aromatic heterocycles. The molecule has 2 aromatic rings. The number of nitrogens with zero attached hydrogens (tertiary/aromatic N) is 2. The minimum atomic E-state index is 0.893. The molecule has 0 atom stereocenters. The zero-order valence-electron chi connectivity index (χ0n) is 12.8. The molecule has 0 spiro atoms. The summed E-state index contributed by atoms with van der Waals surface area (Å²) in [4.78, 5) is 9.22. The van der Waals surface area contributed by atoms with Gasteiger partial charge in [-0.2, -0.15) is 0 Å². The Hall–Kier alpha value is -1.70. The first-order chi connectivity index (χ1) is 8.88. The lowest BCUT2D eigenvalue weighted by Crippen LogP contribution is -2.04. The summed E-state index contributed by atoms with van der Waals surface area (Å²) in [6, 6.07) is 4.33. The second-order valence-electron chi connectivity index (χ2n) is 5.46. The molecule has 0 bridgehead atoms. The first-order valence-corrected chi connectivity index (χ1v) is 6.76. The molecule has 2 nitrogen and oxygen atoms in total. The molecule has 0 radical (unpaired) electrons. The van der Waals surface area contributed by atoms with Gasteiger partial charge in [-0.3, -0.25) is 9.97 Å². The van der Waals surface area contributed by atoms with Gasteiger partial charge in [0.15, 0.2) is 0 Å². The number of hydrogen-bond acceptors (Lipinski definition) is 2. The molecule has 0 saturated carbocycles. The lowest BCUT2D eigenvalue weighted by Gasteiger charge is -2.13. The highest BCUT2D eigenvalue weighted by molar-refractivity contribution is 5.38. The van der Waals surface area contributed by atoms with Crippen LogP contribution < -0.4 is 0 Å². The number of pyridine rings is 2. The fourth-order valence-electron chi connectivity index (χ4n) is 2.49. The van der Waals surface area contributed by atoms with Gasteiger partial charge >= 0.3 is 0 Å². The van der Waals surface area contributed by atoms with Crippen molar-refractivity contribution in [1.82, 2.24) is 9.97 Å². The third-order valence-corrected chi connectivity index (χ3v) is 3.87. The summed E-state index contributed by atoms with van der Waals surface area (Å²) >= 11 is 0. The van der Waals surface area contributed by atoms with Gasteiger partial charge in [0.05, 0.1) is 0 Å². The Balaban J connectivity index is 2.47. The van der Waals surface area contributed by atoms with Crippen LogP contribution >= 0.6 is 0 Å². The fraction of sp³-hybridized carbons (Fsp3) is 0.412. The Morgan fingerprint density at radius 1 is 0.789 bits per heavy atom. The van der Waals surface area contributed by atoms with Gasteiger partial charge in [-0.05, 0) is 75.9 Å². The zero-order valence-corrected chi connectivity index (χ0v) is 12.8. The van der Waals surface area contributed by atoms with Gasteiger partial charge in [0.2, 0.25) is 0 Å². The molecule has 0 saturated heterocycles. The van der Waals surface area contributed by atoms with E-state index in [9.17, 15) is 0 Å². The molecule has 0 aliphatic heterocycles. The van der Waals surface area contributed by atoms with Crippen molar-refractivity contribution in [1.29, 1.82) is 0 Å². The highest BCUT2D eigenvalue weighted by Crippen LogP contribution is 2.20. The summed E-state index contributed by atoms with van der Waals surface area (Å²) in [5, 5.41) is 0. The van der Waals surface area contributed by atoms with E-state index in [1.165, 1.54) is 27.9 Å². The van der Waals surface area contributed by atoms with Crippen molar-refractivity contribution in [3.8, 4) is 0 Å². The molecule has 0 unspecified atom stereocenters. The molecule has 2 heterocycles. The van der Waals surface area contributed by atoms with Crippen molar-refractivity contribution in [3.63, 3.8) is 0 Å². The predicted octanol–water partition coefficient (Wildman–Crippen LogP) is 3.92. The van der Waals surface area contributed by atoms with Gasteiger partial charge < -0.3 is 0 Å². The summed E-state index contributed by atoms with van der Waals surface area (Å²) in [7, 11) is 0. The third-order valence-electron chi connectivity index (χ3n) is 3.87. The largest absolute Gasteiger partial charge is 0.258 e. The standard InChI is InChI=1S/C17H22N2/c1-10-7-11(2)19-17(13(10)4)9-16-8-12(3)18-15(6)14(16)5/h7-8H,9H2,1-6H3. The summed E-state index contributed by atoms with van der Waals surface area (Å²) in [5.41, 5.74) is 9.73. The molecule has 2 heteroatoms. The van der Waals surface area contributed by atoms with E-state index in [0.29, 0.717) is 0 Å². The van der Waals surface area contributed by atoms with Gasteiger partial charge in [0.1, 0.15) is 0 Å². The van der Waals surface area contributed by atoms with E-state index in [1.54, 1.807) is 0 Å². The highest BCUT2D eigenvalue weighted by Gasteiger charge is 2.09. The Labute approximate surface area is 115 Å². The van der Waals surface area contributed by atoms with E-state index in [4.69, 9.17) is 4.98 Å². The van der Waals surface area contributed by atoms with Crippen LogP contribution in [0.2, 0.25) is 0 Å². The first-order valence-electron chi connectivity index (χ1n) is 6.76. The average Bonchev–Trinajstić information content (AvgIpc) is 2.31. The molecule has 2 rings (SSSR count). The Kier molecular flexibility index (Phi) is 3.70. The summed E-state index contributed by atoms with van der Waals surface area (Å²) in [6.45, 7) is 12.7. The van der Waals surface area contributed by atoms with Gasteiger partial charge in [-0.1, -0.05) is 0 Å².